The van der Waals surface area contributed by atoms with Gasteiger partial charge < -0.3 is 0 Å². The summed E-state index contributed by atoms with van der Waals surface area (Å²) in [5.74, 6) is 0.831. The van der Waals surface area contributed by atoms with Crippen LogP contribution in [0.3, 0.4) is 0 Å². The predicted octanol–water partition coefficient (Wildman–Crippen LogP) is 2.03. The van der Waals surface area contributed by atoms with E-state index in [9.17, 15) is 0 Å². The number of aryl methyl sites for hydroxylation is 2. The molecule has 1 aliphatic carbocycles. The molecular formula is C10H16N2. The lowest BCUT2D eigenvalue weighted by Crippen LogP contribution is -2.10. The lowest BCUT2D eigenvalue weighted by molar-refractivity contribution is 0.492. The average Bonchev–Trinajstić information content (AvgIpc) is 2.46. The van der Waals surface area contributed by atoms with Crippen LogP contribution >= 0.6 is 0 Å². The van der Waals surface area contributed by atoms with Crippen molar-refractivity contribution in [2.45, 2.75) is 39.7 Å². The van der Waals surface area contributed by atoms with Crippen molar-refractivity contribution >= 4 is 0 Å². The van der Waals surface area contributed by atoms with Crippen molar-refractivity contribution in [1.82, 2.24) is 9.78 Å². The lowest BCUT2D eigenvalue weighted by Gasteiger charge is -2.15. The number of hydrogen-bond acceptors (Lipinski definition) is 1. The second-order valence-corrected chi connectivity index (χ2v) is 3.80. The second kappa shape index (κ2) is 2.92. The molecule has 1 unspecified atom stereocenters. The van der Waals surface area contributed by atoms with Crippen molar-refractivity contribution in [3.63, 3.8) is 0 Å². The summed E-state index contributed by atoms with van der Waals surface area (Å²) in [6.45, 7) is 5.46. The molecule has 66 valence electrons. The van der Waals surface area contributed by atoms with E-state index in [0.717, 1.165) is 12.5 Å². The van der Waals surface area contributed by atoms with E-state index in [1.54, 1.807) is 0 Å². The summed E-state index contributed by atoms with van der Waals surface area (Å²) in [6, 6.07) is 0. The van der Waals surface area contributed by atoms with Gasteiger partial charge in [-0.25, -0.2) is 0 Å². The third-order valence-electron chi connectivity index (χ3n) is 2.70. The Morgan fingerprint density at radius 3 is 3.25 bits per heavy atom. The molecule has 0 fully saturated rings. The Morgan fingerprint density at radius 2 is 2.50 bits per heavy atom. The summed E-state index contributed by atoms with van der Waals surface area (Å²) in [7, 11) is 0. The van der Waals surface area contributed by atoms with E-state index in [1.165, 1.54) is 30.5 Å². The van der Waals surface area contributed by atoms with E-state index in [-0.39, 0.29) is 0 Å². The maximum absolute atomic E-state index is 4.54. The van der Waals surface area contributed by atoms with E-state index < -0.39 is 0 Å². The summed E-state index contributed by atoms with van der Waals surface area (Å²) in [5.41, 5.74) is 2.82. The molecule has 2 rings (SSSR count). The molecule has 1 atom stereocenters. The quantitative estimate of drug-likeness (QED) is 0.621. The summed E-state index contributed by atoms with van der Waals surface area (Å²) in [4.78, 5) is 0. The fourth-order valence-corrected chi connectivity index (χ4v) is 1.88. The van der Waals surface area contributed by atoms with Gasteiger partial charge in [0.1, 0.15) is 0 Å². The number of hydrogen-bond donors (Lipinski definition) is 0. The van der Waals surface area contributed by atoms with Crippen LogP contribution in [0.25, 0.3) is 0 Å². The van der Waals surface area contributed by atoms with Crippen molar-refractivity contribution in [3.05, 3.63) is 17.5 Å². The van der Waals surface area contributed by atoms with Gasteiger partial charge in [0.2, 0.25) is 0 Å². The molecule has 0 N–H and O–H groups in total. The number of fused-ring (bicyclic) bond motifs is 1. The van der Waals surface area contributed by atoms with Crippen LogP contribution in [0.4, 0.5) is 0 Å². The Labute approximate surface area is 73.6 Å². The van der Waals surface area contributed by atoms with E-state index in [0.29, 0.717) is 0 Å². The fraction of sp³-hybridized carbons (Fsp3) is 0.700. The van der Waals surface area contributed by atoms with Crippen LogP contribution in [0.1, 0.15) is 31.5 Å². The number of rotatable bonds is 1. The van der Waals surface area contributed by atoms with Crippen LogP contribution in [-0.4, -0.2) is 9.78 Å². The van der Waals surface area contributed by atoms with Crippen LogP contribution < -0.4 is 0 Å². The monoisotopic (exact) mass is 164 g/mol. The molecule has 0 amide bonds. The Hall–Kier alpha value is -0.790. The Balaban J connectivity index is 2.28. The van der Waals surface area contributed by atoms with Gasteiger partial charge in [-0.2, -0.15) is 5.10 Å². The average molecular weight is 164 g/mol. The lowest BCUT2D eigenvalue weighted by atomic mass is 9.90. The molecule has 0 bridgehead atoms. The van der Waals surface area contributed by atoms with Crippen molar-refractivity contribution in [3.8, 4) is 0 Å². The summed E-state index contributed by atoms with van der Waals surface area (Å²) in [5, 5.41) is 4.54. The van der Waals surface area contributed by atoms with E-state index in [4.69, 9.17) is 0 Å². The van der Waals surface area contributed by atoms with Crippen LogP contribution in [0, 0.1) is 5.92 Å². The molecule has 0 radical (unpaired) electrons. The topological polar surface area (TPSA) is 17.8 Å². The zero-order chi connectivity index (χ0) is 8.55. The minimum Gasteiger partial charge on any atom is -0.272 e. The molecular weight excluding hydrogens is 148 g/mol. The Morgan fingerprint density at radius 1 is 1.67 bits per heavy atom. The number of nitrogens with zero attached hydrogens (tertiary/aromatic N) is 2. The van der Waals surface area contributed by atoms with Gasteiger partial charge in [0.05, 0.1) is 5.69 Å². The zero-order valence-electron chi connectivity index (χ0n) is 7.88. The van der Waals surface area contributed by atoms with E-state index >= 15 is 0 Å². The van der Waals surface area contributed by atoms with E-state index in [1.807, 2.05) is 0 Å². The number of aromatic nitrogens is 2. The van der Waals surface area contributed by atoms with Crippen LogP contribution in [-0.2, 0) is 19.4 Å². The van der Waals surface area contributed by atoms with Crippen molar-refractivity contribution < 1.29 is 0 Å². The SMILES string of the molecule is CCn1cc2c(n1)CC(C)CC2. The van der Waals surface area contributed by atoms with Gasteiger partial charge in [-0.1, -0.05) is 6.92 Å². The molecule has 1 aromatic heterocycles. The van der Waals surface area contributed by atoms with Crippen molar-refractivity contribution in [1.29, 1.82) is 0 Å². The van der Waals surface area contributed by atoms with Gasteiger partial charge in [0, 0.05) is 12.7 Å². The molecule has 2 nitrogen and oxygen atoms in total. The maximum Gasteiger partial charge on any atom is 0.0659 e. The molecule has 2 heteroatoms. The molecule has 0 aromatic carbocycles. The summed E-state index contributed by atoms with van der Waals surface area (Å²) < 4.78 is 2.06. The predicted molar refractivity (Wildman–Crippen MR) is 49.1 cm³/mol. The van der Waals surface area contributed by atoms with Crippen LogP contribution in [0.5, 0.6) is 0 Å². The summed E-state index contributed by atoms with van der Waals surface area (Å²) >= 11 is 0. The largest absolute Gasteiger partial charge is 0.272 e. The smallest absolute Gasteiger partial charge is 0.0659 e. The van der Waals surface area contributed by atoms with Gasteiger partial charge >= 0.3 is 0 Å². The Bertz CT molecular complexity index is 275. The van der Waals surface area contributed by atoms with E-state index in [2.05, 4.69) is 29.8 Å². The van der Waals surface area contributed by atoms with Gasteiger partial charge in [0.15, 0.2) is 0 Å². The van der Waals surface area contributed by atoms with Gasteiger partial charge in [-0.15, -0.1) is 0 Å². The highest BCUT2D eigenvalue weighted by Crippen LogP contribution is 2.23. The highest BCUT2D eigenvalue weighted by atomic mass is 15.3. The first kappa shape index (κ1) is 7.84. The highest BCUT2D eigenvalue weighted by Gasteiger charge is 2.17. The molecule has 0 saturated heterocycles. The normalized spacial score (nSPS) is 22.3. The minimum absolute atomic E-state index is 0.831. The van der Waals surface area contributed by atoms with Crippen molar-refractivity contribution in [2.24, 2.45) is 5.92 Å². The molecule has 0 spiro atoms. The molecule has 1 aromatic rings. The second-order valence-electron chi connectivity index (χ2n) is 3.80. The molecule has 12 heavy (non-hydrogen) atoms. The molecule has 1 heterocycles. The van der Waals surface area contributed by atoms with Crippen LogP contribution in [0.15, 0.2) is 6.20 Å². The van der Waals surface area contributed by atoms with Gasteiger partial charge in [-0.3, -0.25) is 4.68 Å². The minimum atomic E-state index is 0.831. The fourth-order valence-electron chi connectivity index (χ4n) is 1.88. The van der Waals surface area contributed by atoms with Crippen molar-refractivity contribution in [2.75, 3.05) is 0 Å². The first-order valence-electron chi connectivity index (χ1n) is 4.84. The zero-order valence-corrected chi connectivity index (χ0v) is 7.88. The van der Waals surface area contributed by atoms with Gasteiger partial charge in [-0.05, 0) is 37.7 Å². The third kappa shape index (κ3) is 1.26. The standard InChI is InChI=1S/C10H16N2/c1-3-12-7-9-5-4-8(2)6-10(9)11-12/h7-8H,3-6H2,1-2H3. The highest BCUT2D eigenvalue weighted by molar-refractivity contribution is 5.20. The molecule has 1 aliphatic rings. The maximum atomic E-state index is 4.54. The summed E-state index contributed by atoms with van der Waals surface area (Å²) in [6.07, 6.45) is 5.96. The molecule has 0 aliphatic heterocycles. The molecule has 0 saturated carbocycles. The first-order valence-corrected chi connectivity index (χ1v) is 4.84. The first-order chi connectivity index (χ1) is 5.79. The Kier molecular flexibility index (Phi) is 1.91. The third-order valence-corrected chi connectivity index (χ3v) is 2.70. The van der Waals surface area contributed by atoms with Gasteiger partial charge in [0.25, 0.3) is 0 Å². The van der Waals surface area contributed by atoms with Crippen LogP contribution in [0.2, 0.25) is 0 Å².